The van der Waals surface area contributed by atoms with Crippen LogP contribution in [0.25, 0.3) is 0 Å². The van der Waals surface area contributed by atoms with E-state index in [-0.39, 0.29) is 5.41 Å². The first-order chi connectivity index (χ1) is 7.50. The van der Waals surface area contributed by atoms with Gasteiger partial charge in [-0.05, 0) is 32.2 Å². The van der Waals surface area contributed by atoms with Gasteiger partial charge in [0.05, 0.1) is 0 Å². The zero-order valence-electron chi connectivity index (χ0n) is 11.5. The second-order valence-corrected chi connectivity index (χ2v) is 6.16. The quantitative estimate of drug-likeness (QED) is 0.780. The SMILES string of the molecule is CCC(C)(CO)CN(C)C1CCCC(C)C1. The molecule has 0 aliphatic heterocycles. The summed E-state index contributed by atoms with van der Waals surface area (Å²) in [4.78, 5) is 2.48. The maximum absolute atomic E-state index is 9.46. The average molecular weight is 227 g/mol. The molecule has 0 heterocycles. The number of nitrogens with zero attached hydrogens (tertiary/aromatic N) is 1. The summed E-state index contributed by atoms with van der Waals surface area (Å²) < 4.78 is 0. The summed E-state index contributed by atoms with van der Waals surface area (Å²) >= 11 is 0. The topological polar surface area (TPSA) is 23.5 Å². The molecule has 0 aromatic heterocycles. The third-order valence-corrected chi connectivity index (χ3v) is 4.40. The Balaban J connectivity index is 2.47. The largest absolute Gasteiger partial charge is 0.396 e. The molecule has 0 spiro atoms. The molecule has 1 fully saturated rings. The van der Waals surface area contributed by atoms with Crippen molar-refractivity contribution >= 4 is 0 Å². The lowest BCUT2D eigenvalue weighted by molar-refractivity contribution is 0.0618. The van der Waals surface area contributed by atoms with Crippen LogP contribution in [0.2, 0.25) is 0 Å². The highest BCUT2D eigenvalue weighted by Crippen LogP contribution is 2.29. The van der Waals surface area contributed by atoms with E-state index in [0.717, 1.165) is 24.9 Å². The molecule has 1 aliphatic carbocycles. The third kappa shape index (κ3) is 3.74. The summed E-state index contributed by atoms with van der Waals surface area (Å²) in [6, 6.07) is 0.737. The standard InChI is InChI=1S/C14H29NO/c1-5-14(3,11-16)10-15(4)13-8-6-7-12(2)9-13/h12-13,16H,5-11H2,1-4H3. The first-order valence-corrected chi connectivity index (χ1v) is 6.82. The van der Waals surface area contributed by atoms with E-state index < -0.39 is 0 Å². The van der Waals surface area contributed by atoms with E-state index in [1.54, 1.807) is 0 Å². The monoisotopic (exact) mass is 227 g/mol. The van der Waals surface area contributed by atoms with Crippen molar-refractivity contribution in [2.45, 2.75) is 58.9 Å². The molecule has 1 rings (SSSR count). The van der Waals surface area contributed by atoms with Crippen LogP contribution in [0.3, 0.4) is 0 Å². The molecule has 0 aromatic carbocycles. The summed E-state index contributed by atoms with van der Waals surface area (Å²) in [5, 5.41) is 9.46. The molecule has 3 atom stereocenters. The fourth-order valence-electron chi connectivity index (χ4n) is 2.81. The van der Waals surface area contributed by atoms with E-state index in [0.29, 0.717) is 6.61 Å². The Kier molecular flexibility index (Phi) is 5.26. The summed E-state index contributed by atoms with van der Waals surface area (Å²) in [5.41, 5.74) is 0.0788. The molecule has 3 unspecified atom stereocenters. The van der Waals surface area contributed by atoms with Gasteiger partial charge in [-0.15, -0.1) is 0 Å². The fourth-order valence-corrected chi connectivity index (χ4v) is 2.81. The second kappa shape index (κ2) is 6.02. The van der Waals surface area contributed by atoms with Gasteiger partial charge in [-0.2, -0.15) is 0 Å². The Bertz CT molecular complexity index is 201. The van der Waals surface area contributed by atoms with Crippen molar-refractivity contribution < 1.29 is 5.11 Å². The molecule has 0 bridgehead atoms. The van der Waals surface area contributed by atoms with Crippen LogP contribution in [0.1, 0.15) is 52.9 Å². The zero-order valence-corrected chi connectivity index (χ0v) is 11.5. The van der Waals surface area contributed by atoms with Crippen LogP contribution < -0.4 is 0 Å². The highest BCUT2D eigenvalue weighted by molar-refractivity contribution is 4.82. The van der Waals surface area contributed by atoms with E-state index in [9.17, 15) is 5.11 Å². The van der Waals surface area contributed by atoms with Gasteiger partial charge in [0.15, 0.2) is 0 Å². The van der Waals surface area contributed by atoms with E-state index in [2.05, 4.69) is 32.7 Å². The van der Waals surface area contributed by atoms with Crippen molar-refractivity contribution in [1.29, 1.82) is 0 Å². The van der Waals surface area contributed by atoms with E-state index >= 15 is 0 Å². The zero-order chi connectivity index (χ0) is 12.2. The molecule has 1 saturated carbocycles. The van der Waals surface area contributed by atoms with Gasteiger partial charge in [-0.25, -0.2) is 0 Å². The van der Waals surface area contributed by atoms with Crippen LogP contribution in [0.15, 0.2) is 0 Å². The van der Waals surface area contributed by atoms with Gasteiger partial charge in [0.25, 0.3) is 0 Å². The van der Waals surface area contributed by atoms with Crippen LogP contribution >= 0.6 is 0 Å². The summed E-state index contributed by atoms with van der Waals surface area (Å²) in [7, 11) is 2.23. The molecular weight excluding hydrogens is 198 g/mol. The lowest BCUT2D eigenvalue weighted by atomic mass is 9.83. The highest BCUT2D eigenvalue weighted by Gasteiger charge is 2.28. The highest BCUT2D eigenvalue weighted by atomic mass is 16.3. The van der Waals surface area contributed by atoms with Crippen molar-refractivity contribution in [2.75, 3.05) is 20.2 Å². The van der Waals surface area contributed by atoms with Crippen molar-refractivity contribution in [3.05, 3.63) is 0 Å². The number of aliphatic hydroxyl groups is 1. The van der Waals surface area contributed by atoms with Crippen LogP contribution in [0.4, 0.5) is 0 Å². The normalized spacial score (nSPS) is 30.4. The number of rotatable bonds is 5. The van der Waals surface area contributed by atoms with Crippen molar-refractivity contribution in [1.82, 2.24) is 4.90 Å². The number of aliphatic hydroxyl groups excluding tert-OH is 1. The Labute approximate surface area is 101 Å². The van der Waals surface area contributed by atoms with Crippen LogP contribution in [0, 0.1) is 11.3 Å². The van der Waals surface area contributed by atoms with Gasteiger partial charge in [-0.1, -0.05) is 33.6 Å². The maximum atomic E-state index is 9.46. The lowest BCUT2D eigenvalue weighted by Crippen LogP contribution is -2.43. The molecule has 16 heavy (non-hydrogen) atoms. The Morgan fingerprint density at radius 1 is 1.38 bits per heavy atom. The van der Waals surface area contributed by atoms with Crippen LogP contribution in [-0.2, 0) is 0 Å². The summed E-state index contributed by atoms with van der Waals surface area (Å²) in [6.45, 7) is 8.06. The minimum Gasteiger partial charge on any atom is -0.396 e. The predicted octanol–water partition coefficient (Wildman–Crippen LogP) is 2.91. The van der Waals surface area contributed by atoms with Gasteiger partial charge in [0.1, 0.15) is 0 Å². The third-order valence-electron chi connectivity index (χ3n) is 4.40. The molecule has 2 heteroatoms. The maximum Gasteiger partial charge on any atom is 0.0496 e. The van der Waals surface area contributed by atoms with Gasteiger partial charge in [0.2, 0.25) is 0 Å². The van der Waals surface area contributed by atoms with Gasteiger partial charge >= 0.3 is 0 Å². The smallest absolute Gasteiger partial charge is 0.0496 e. The van der Waals surface area contributed by atoms with Crippen molar-refractivity contribution in [3.8, 4) is 0 Å². The number of hydrogen-bond donors (Lipinski definition) is 1. The van der Waals surface area contributed by atoms with E-state index in [1.165, 1.54) is 25.7 Å². The summed E-state index contributed by atoms with van der Waals surface area (Å²) in [5.74, 6) is 0.878. The van der Waals surface area contributed by atoms with Crippen molar-refractivity contribution in [3.63, 3.8) is 0 Å². The molecule has 1 aliphatic rings. The number of hydrogen-bond acceptors (Lipinski definition) is 2. The van der Waals surface area contributed by atoms with E-state index in [4.69, 9.17) is 0 Å². The van der Waals surface area contributed by atoms with Gasteiger partial charge in [0, 0.05) is 24.6 Å². The molecule has 0 amide bonds. The Morgan fingerprint density at radius 3 is 2.56 bits per heavy atom. The second-order valence-electron chi connectivity index (χ2n) is 6.16. The first-order valence-electron chi connectivity index (χ1n) is 6.82. The molecule has 0 aromatic rings. The minimum absolute atomic E-state index is 0.0788. The Morgan fingerprint density at radius 2 is 2.06 bits per heavy atom. The molecule has 96 valence electrons. The minimum atomic E-state index is 0.0788. The lowest BCUT2D eigenvalue weighted by Gasteiger charge is -2.39. The van der Waals surface area contributed by atoms with Crippen LogP contribution in [0.5, 0.6) is 0 Å². The van der Waals surface area contributed by atoms with Crippen LogP contribution in [-0.4, -0.2) is 36.2 Å². The van der Waals surface area contributed by atoms with Crippen molar-refractivity contribution in [2.24, 2.45) is 11.3 Å². The summed E-state index contributed by atoms with van der Waals surface area (Å²) in [6.07, 6.45) is 6.50. The molecule has 0 radical (unpaired) electrons. The predicted molar refractivity (Wildman–Crippen MR) is 69.5 cm³/mol. The Hall–Kier alpha value is -0.0800. The first kappa shape index (κ1) is 14.0. The average Bonchev–Trinajstić information content (AvgIpc) is 2.29. The van der Waals surface area contributed by atoms with E-state index in [1.807, 2.05) is 0 Å². The molecular formula is C14H29NO. The fraction of sp³-hybridized carbons (Fsp3) is 1.00. The molecule has 0 saturated heterocycles. The van der Waals surface area contributed by atoms with Gasteiger partial charge < -0.3 is 10.0 Å². The van der Waals surface area contributed by atoms with Gasteiger partial charge in [-0.3, -0.25) is 0 Å². The molecule has 2 nitrogen and oxygen atoms in total. The molecule has 1 N–H and O–H groups in total.